The summed E-state index contributed by atoms with van der Waals surface area (Å²) in [6, 6.07) is 37.6. The van der Waals surface area contributed by atoms with Crippen LogP contribution in [0.1, 0.15) is 35.8 Å². The van der Waals surface area contributed by atoms with Crippen LogP contribution in [0.3, 0.4) is 0 Å². The molecule has 1 aliphatic rings. The second kappa shape index (κ2) is 9.49. The molecule has 0 N–H and O–H groups in total. The van der Waals surface area contributed by atoms with E-state index in [4.69, 9.17) is 9.47 Å². The maximum Gasteiger partial charge on any atom is 0.143 e. The minimum atomic E-state index is -0.729. The van der Waals surface area contributed by atoms with Crippen LogP contribution in [0.15, 0.2) is 122 Å². The van der Waals surface area contributed by atoms with Crippen LogP contribution >= 0.6 is 0 Å². The fourth-order valence-corrected chi connectivity index (χ4v) is 5.22. The molecule has 0 saturated carbocycles. The Balaban J connectivity index is 1.32. The van der Waals surface area contributed by atoms with Crippen LogP contribution in [-0.4, -0.2) is 22.3 Å². The predicted molar refractivity (Wildman–Crippen MR) is 138 cm³/mol. The quantitative estimate of drug-likeness (QED) is 0.253. The average Bonchev–Trinajstić information content (AvgIpc) is 3.58. The van der Waals surface area contributed by atoms with Gasteiger partial charge in [-0.15, -0.1) is 0 Å². The molecule has 1 aliphatic heterocycles. The van der Waals surface area contributed by atoms with Crippen LogP contribution < -0.4 is 0 Å². The molecule has 0 aliphatic carbocycles. The van der Waals surface area contributed by atoms with E-state index in [0.29, 0.717) is 6.61 Å². The van der Waals surface area contributed by atoms with Crippen molar-refractivity contribution in [1.82, 2.24) is 9.55 Å². The summed E-state index contributed by atoms with van der Waals surface area (Å²) in [4.78, 5) is 4.57. The van der Waals surface area contributed by atoms with E-state index < -0.39 is 5.60 Å². The zero-order valence-corrected chi connectivity index (χ0v) is 19.5. The molecule has 0 unspecified atom stereocenters. The highest BCUT2D eigenvalue weighted by molar-refractivity contribution is 5.75. The van der Waals surface area contributed by atoms with Crippen molar-refractivity contribution in [2.24, 2.45) is 0 Å². The normalized spacial score (nSPS) is 18.2. The topological polar surface area (TPSA) is 36.3 Å². The number of hydrogen-bond donors (Lipinski definition) is 0. The van der Waals surface area contributed by atoms with Crippen LogP contribution in [0.25, 0.3) is 11.0 Å². The molecule has 4 heteroatoms. The van der Waals surface area contributed by atoms with Crippen LogP contribution in [0.4, 0.5) is 0 Å². The number of pyridine rings is 1. The first kappa shape index (κ1) is 21.8. The van der Waals surface area contributed by atoms with E-state index in [1.807, 2.05) is 30.5 Å². The van der Waals surface area contributed by atoms with Gasteiger partial charge in [-0.05, 0) is 47.7 Å². The van der Waals surface area contributed by atoms with Crippen LogP contribution in [-0.2, 0) is 15.1 Å². The number of rotatable bonds is 7. The lowest BCUT2D eigenvalue weighted by Gasteiger charge is -2.36. The maximum atomic E-state index is 6.98. The highest BCUT2D eigenvalue weighted by atomic mass is 16.6. The van der Waals surface area contributed by atoms with Crippen LogP contribution in [0.2, 0.25) is 0 Å². The van der Waals surface area contributed by atoms with E-state index in [9.17, 15) is 0 Å². The Morgan fingerprint density at radius 1 is 0.743 bits per heavy atom. The number of hydrogen-bond acceptors (Lipinski definition) is 3. The number of aromatic nitrogens is 2. The third-order valence-corrected chi connectivity index (χ3v) is 6.90. The van der Waals surface area contributed by atoms with Crippen molar-refractivity contribution in [3.05, 3.63) is 138 Å². The van der Waals surface area contributed by atoms with Gasteiger partial charge in [0.1, 0.15) is 17.5 Å². The van der Waals surface area contributed by atoms with Gasteiger partial charge in [-0.1, -0.05) is 91.0 Å². The smallest absolute Gasteiger partial charge is 0.143 e. The summed E-state index contributed by atoms with van der Waals surface area (Å²) in [6.45, 7) is 0.488. The summed E-state index contributed by atoms with van der Waals surface area (Å²) in [5.41, 5.74) is 3.55. The highest BCUT2D eigenvalue weighted by Crippen LogP contribution is 2.41. The molecule has 0 bridgehead atoms. The van der Waals surface area contributed by atoms with Gasteiger partial charge in [-0.25, -0.2) is 4.98 Å². The monoisotopic (exact) mass is 460 g/mol. The first-order chi connectivity index (χ1) is 17.3. The fourth-order valence-electron chi connectivity index (χ4n) is 5.22. The van der Waals surface area contributed by atoms with E-state index in [0.717, 1.165) is 40.6 Å². The van der Waals surface area contributed by atoms with Gasteiger partial charge in [0.2, 0.25) is 0 Å². The largest absolute Gasteiger partial charge is 0.358 e. The zero-order chi connectivity index (χ0) is 23.5. The number of ether oxygens (including phenoxy) is 2. The Kier molecular flexibility index (Phi) is 5.91. The molecule has 3 heterocycles. The van der Waals surface area contributed by atoms with Crippen molar-refractivity contribution in [2.45, 2.75) is 30.8 Å². The zero-order valence-electron chi connectivity index (χ0n) is 19.5. The number of benzene rings is 3. The molecule has 5 aromatic rings. The molecule has 6 rings (SSSR count). The van der Waals surface area contributed by atoms with Crippen LogP contribution in [0, 0.1) is 0 Å². The van der Waals surface area contributed by atoms with Crippen molar-refractivity contribution in [3.8, 4) is 0 Å². The van der Waals surface area contributed by atoms with Crippen molar-refractivity contribution >= 4 is 11.0 Å². The summed E-state index contributed by atoms with van der Waals surface area (Å²) >= 11 is 0. The van der Waals surface area contributed by atoms with E-state index in [1.54, 1.807) is 0 Å². The molecule has 4 nitrogen and oxygen atoms in total. The number of fused-ring (bicyclic) bond motifs is 1. The molecule has 0 spiro atoms. The van der Waals surface area contributed by atoms with E-state index in [-0.39, 0.29) is 12.3 Å². The lowest BCUT2D eigenvalue weighted by atomic mass is 9.80. The van der Waals surface area contributed by atoms with Gasteiger partial charge in [0.25, 0.3) is 0 Å². The van der Waals surface area contributed by atoms with Crippen molar-refractivity contribution < 1.29 is 9.47 Å². The standard InChI is InChI=1S/C31H28N2O2/c1-4-12-25(13-5-1)31(26-14-6-2-7-15-26,27-16-8-3-9-17-27)34-23-28-18-19-29(35-28)33-22-20-24-11-10-21-32-30(24)33/h1-17,20-22,28-29H,18-19,23H2/t28-,29-/m0/s1. The molecule has 35 heavy (non-hydrogen) atoms. The van der Waals surface area contributed by atoms with Gasteiger partial charge in [-0.2, -0.15) is 0 Å². The van der Waals surface area contributed by atoms with Crippen molar-refractivity contribution in [2.75, 3.05) is 6.61 Å². The maximum absolute atomic E-state index is 6.98. The van der Waals surface area contributed by atoms with E-state index >= 15 is 0 Å². The SMILES string of the molecule is c1ccc(C(OC[C@@H]2CC[C@@H](n3ccc4cccnc43)O2)(c2ccccc2)c2ccccc2)cc1. The summed E-state index contributed by atoms with van der Waals surface area (Å²) in [6.07, 6.45) is 5.75. The molecule has 1 fully saturated rings. The first-order valence-electron chi connectivity index (χ1n) is 12.2. The van der Waals surface area contributed by atoms with Crippen molar-refractivity contribution in [1.29, 1.82) is 0 Å². The van der Waals surface area contributed by atoms with E-state index in [1.165, 1.54) is 0 Å². The second-order valence-electron chi connectivity index (χ2n) is 9.02. The van der Waals surface area contributed by atoms with Gasteiger partial charge < -0.3 is 14.0 Å². The number of nitrogens with zero attached hydrogens (tertiary/aromatic N) is 2. The predicted octanol–water partition coefficient (Wildman–Crippen LogP) is 6.72. The summed E-state index contributed by atoms with van der Waals surface area (Å²) in [5, 5.41) is 1.13. The summed E-state index contributed by atoms with van der Waals surface area (Å²) < 4.78 is 15.6. The first-order valence-corrected chi connectivity index (χ1v) is 12.2. The van der Waals surface area contributed by atoms with E-state index in [2.05, 4.69) is 101 Å². The Labute approximate surface area is 205 Å². The molecule has 1 saturated heterocycles. The molecule has 2 aromatic heterocycles. The van der Waals surface area contributed by atoms with Crippen molar-refractivity contribution in [3.63, 3.8) is 0 Å². The Morgan fingerprint density at radius 3 is 1.94 bits per heavy atom. The lowest BCUT2D eigenvalue weighted by molar-refractivity contribution is -0.0755. The van der Waals surface area contributed by atoms with Gasteiger partial charge >= 0.3 is 0 Å². The minimum Gasteiger partial charge on any atom is -0.358 e. The molecule has 0 amide bonds. The highest BCUT2D eigenvalue weighted by Gasteiger charge is 2.39. The Bertz CT molecular complexity index is 1290. The summed E-state index contributed by atoms with van der Waals surface area (Å²) in [7, 11) is 0. The molecule has 3 aromatic carbocycles. The summed E-state index contributed by atoms with van der Waals surface area (Å²) in [5.74, 6) is 0. The Morgan fingerprint density at radius 2 is 1.34 bits per heavy atom. The molecular weight excluding hydrogens is 432 g/mol. The molecule has 2 atom stereocenters. The second-order valence-corrected chi connectivity index (χ2v) is 9.02. The fraction of sp³-hybridized carbons (Fsp3) is 0.194. The van der Waals surface area contributed by atoms with Crippen LogP contribution in [0.5, 0.6) is 0 Å². The van der Waals surface area contributed by atoms with Gasteiger partial charge in [0, 0.05) is 17.8 Å². The minimum absolute atomic E-state index is 0.00308. The Hall–Kier alpha value is -3.73. The molecule has 174 valence electrons. The molecular formula is C31H28N2O2. The molecule has 0 radical (unpaired) electrons. The van der Waals surface area contributed by atoms with Gasteiger partial charge in [0.15, 0.2) is 0 Å². The van der Waals surface area contributed by atoms with Gasteiger partial charge in [0.05, 0.1) is 12.7 Å². The van der Waals surface area contributed by atoms with Gasteiger partial charge in [-0.3, -0.25) is 0 Å². The lowest BCUT2D eigenvalue weighted by Crippen LogP contribution is -2.35. The third-order valence-electron chi connectivity index (χ3n) is 6.90. The third kappa shape index (κ3) is 4.05. The average molecular weight is 461 g/mol.